The predicted molar refractivity (Wildman–Crippen MR) is 108 cm³/mol. The van der Waals surface area contributed by atoms with Crippen LogP contribution in [0, 0.1) is 17.3 Å². The van der Waals surface area contributed by atoms with E-state index in [0.717, 1.165) is 44.1 Å². The lowest BCUT2D eigenvalue weighted by atomic mass is 9.84. The molecule has 0 aromatic heterocycles. The molecule has 2 atom stereocenters. The van der Waals surface area contributed by atoms with Crippen LogP contribution in [-0.2, 0) is 4.79 Å². The first-order valence-corrected chi connectivity index (χ1v) is 10.0. The Morgan fingerprint density at radius 1 is 1.24 bits per heavy atom. The summed E-state index contributed by atoms with van der Waals surface area (Å²) in [6.07, 6.45) is 19.4. The molecule has 1 rings (SSSR count). The van der Waals surface area contributed by atoms with Crippen LogP contribution in [0.5, 0.6) is 0 Å². The molecule has 25 heavy (non-hydrogen) atoms. The molecule has 2 nitrogen and oxygen atoms in total. The fourth-order valence-electron chi connectivity index (χ4n) is 3.31. The van der Waals surface area contributed by atoms with Gasteiger partial charge in [-0.05, 0) is 50.4 Å². The standard InChI is InChI=1S/C23H38O2/c1-5-6-7-8-9-12-21-20(13-14-22(21)25)11-10-16-23(3,4)17-15-19(2)18-24/h8-11,15,20-21,24H,5-7,12-14,16-18H2,1-4H3/t20-,21+/m0/s1. The van der Waals surface area contributed by atoms with E-state index in [0.29, 0.717) is 11.7 Å². The van der Waals surface area contributed by atoms with E-state index in [9.17, 15) is 4.79 Å². The third-order valence-corrected chi connectivity index (χ3v) is 5.24. The van der Waals surface area contributed by atoms with Crippen molar-refractivity contribution in [3.8, 4) is 0 Å². The number of rotatable bonds is 11. The maximum Gasteiger partial charge on any atom is 0.136 e. The number of aliphatic hydroxyl groups excluding tert-OH is 1. The molecule has 1 aliphatic carbocycles. The molecule has 0 aliphatic heterocycles. The van der Waals surface area contributed by atoms with E-state index in [1.165, 1.54) is 12.8 Å². The van der Waals surface area contributed by atoms with Crippen LogP contribution in [0.3, 0.4) is 0 Å². The quantitative estimate of drug-likeness (QED) is 0.367. The van der Waals surface area contributed by atoms with Gasteiger partial charge in [-0.25, -0.2) is 0 Å². The van der Waals surface area contributed by atoms with E-state index < -0.39 is 0 Å². The summed E-state index contributed by atoms with van der Waals surface area (Å²) < 4.78 is 0. The summed E-state index contributed by atoms with van der Waals surface area (Å²) in [7, 11) is 0. The zero-order chi connectivity index (χ0) is 18.7. The maximum atomic E-state index is 12.2. The number of hydrogen-bond acceptors (Lipinski definition) is 2. The predicted octanol–water partition coefficient (Wildman–Crippen LogP) is 6.02. The molecule has 1 N–H and O–H groups in total. The van der Waals surface area contributed by atoms with Crippen LogP contribution < -0.4 is 0 Å². The van der Waals surface area contributed by atoms with Gasteiger partial charge in [-0.3, -0.25) is 4.79 Å². The summed E-state index contributed by atoms with van der Waals surface area (Å²) in [4.78, 5) is 12.2. The Balaban J connectivity index is 2.51. The number of unbranched alkanes of at least 4 members (excludes halogenated alkanes) is 2. The Morgan fingerprint density at radius 2 is 2.00 bits per heavy atom. The highest BCUT2D eigenvalue weighted by Crippen LogP contribution is 2.34. The largest absolute Gasteiger partial charge is 0.392 e. The van der Waals surface area contributed by atoms with Crippen molar-refractivity contribution in [2.45, 2.75) is 79.1 Å². The molecule has 2 heteroatoms. The third-order valence-electron chi connectivity index (χ3n) is 5.24. The number of Topliss-reactive ketones (excluding diaryl/α,β-unsaturated/α-hetero) is 1. The molecule has 0 heterocycles. The number of allylic oxidation sites excluding steroid dienone is 5. The van der Waals surface area contributed by atoms with Crippen molar-refractivity contribution >= 4 is 5.78 Å². The molecular weight excluding hydrogens is 308 g/mol. The summed E-state index contributed by atoms with van der Waals surface area (Å²) in [6, 6.07) is 0. The van der Waals surface area contributed by atoms with Gasteiger partial charge >= 0.3 is 0 Å². The molecule has 1 saturated carbocycles. The third kappa shape index (κ3) is 8.67. The van der Waals surface area contributed by atoms with Gasteiger partial charge in [0.2, 0.25) is 0 Å². The minimum Gasteiger partial charge on any atom is -0.392 e. The van der Waals surface area contributed by atoms with Gasteiger partial charge in [0.25, 0.3) is 0 Å². The van der Waals surface area contributed by atoms with E-state index >= 15 is 0 Å². The molecular formula is C23H38O2. The molecule has 142 valence electrons. The van der Waals surface area contributed by atoms with Crippen LogP contribution in [0.1, 0.15) is 79.1 Å². The Hall–Kier alpha value is -1.15. The number of aliphatic hydroxyl groups is 1. The normalized spacial score (nSPS) is 22.6. The first-order valence-electron chi connectivity index (χ1n) is 10.0. The van der Waals surface area contributed by atoms with Crippen molar-refractivity contribution in [2.24, 2.45) is 17.3 Å². The lowest BCUT2D eigenvalue weighted by molar-refractivity contribution is -0.120. The van der Waals surface area contributed by atoms with Crippen molar-refractivity contribution in [1.29, 1.82) is 0 Å². The second-order valence-electron chi connectivity index (χ2n) is 8.33. The van der Waals surface area contributed by atoms with E-state index in [1.54, 1.807) is 0 Å². The van der Waals surface area contributed by atoms with Gasteiger partial charge in [-0.15, -0.1) is 0 Å². The van der Waals surface area contributed by atoms with Gasteiger partial charge in [-0.2, -0.15) is 0 Å². The van der Waals surface area contributed by atoms with Crippen LogP contribution in [0.4, 0.5) is 0 Å². The average molecular weight is 347 g/mol. The van der Waals surface area contributed by atoms with Crippen LogP contribution >= 0.6 is 0 Å². The molecule has 0 saturated heterocycles. The summed E-state index contributed by atoms with van der Waals surface area (Å²) >= 11 is 0. The molecule has 1 aliphatic rings. The monoisotopic (exact) mass is 346 g/mol. The number of carbonyl (C=O) groups excluding carboxylic acids is 1. The minimum atomic E-state index is 0.142. The van der Waals surface area contributed by atoms with Gasteiger partial charge in [0.15, 0.2) is 0 Å². The fraction of sp³-hybridized carbons (Fsp3) is 0.696. The zero-order valence-electron chi connectivity index (χ0n) is 16.8. The van der Waals surface area contributed by atoms with Gasteiger partial charge in [0.1, 0.15) is 5.78 Å². The lowest BCUT2D eigenvalue weighted by Crippen LogP contribution is -2.13. The van der Waals surface area contributed by atoms with Crippen molar-refractivity contribution in [1.82, 2.24) is 0 Å². The van der Waals surface area contributed by atoms with E-state index in [-0.39, 0.29) is 17.9 Å². The van der Waals surface area contributed by atoms with Crippen molar-refractivity contribution in [3.63, 3.8) is 0 Å². The van der Waals surface area contributed by atoms with Gasteiger partial charge < -0.3 is 5.11 Å². The topological polar surface area (TPSA) is 37.3 Å². The molecule has 0 bridgehead atoms. The second-order valence-corrected chi connectivity index (χ2v) is 8.33. The zero-order valence-corrected chi connectivity index (χ0v) is 16.8. The van der Waals surface area contributed by atoms with Crippen LogP contribution in [0.25, 0.3) is 0 Å². The molecule has 0 aromatic rings. The lowest BCUT2D eigenvalue weighted by Gasteiger charge is -2.22. The van der Waals surface area contributed by atoms with Crippen LogP contribution in [-0.4, -0.2) is 17.5 Å². The highest BCUT2D eigenvalue weighted by atomic mass is 16.3. The van der Waals surface area contributed by atoms with Gasteiger partial charge in [0, 0.05) is 12.3 Å². The summed E-state index contributed by atoms with van der Waals surface area (Å²) in [5.74, 6) is 1.04. The van der Waals surface area contributed by atoms with Crippen molar-refractivity contribution in [3.05, 3.63) is 36.0 Å². The maximum absolute atomic E-state index is 12.2. The summed E-state index contributed by atoms with van der Waals surface area (Å²) in [5.41, 5.74) is 1.22. The Bertz CT molecular complexity index is 482. The van der Waals surface area contributed by atoms with Crippen molar-refractivity contribution < 1.29 is 9.90 Å². The van der Waals surface area contributed by atoms with E-state index in [1.807, 2.05) is 6.92 Å². The molecule has 0 aromatic carbocycles. The smallest absolute Gasteiger partial charge is 0.136 e. The number of hydrogen-bond donors (Lipinski definition) is 1. The van der Waals surface area contributed by atoms with E-state index in [4.69, 9.17) is 5.11 Å². The molecule has 0 amide bonds. The molecule has 0 radical (unpaired) electrons. The first kappa shape index (κ1) is 21.9. The Labute approximate surface area is 155 Å². The SMILES string of the molecule is CCCCC=CC[C@H]1C(=O)CC[C@@H]1C=CCC(C)(C)CC=C(C)CO. The minimum absolute atomic E-state index is 0.142. The highest BCUT2D eigenvalue weighted by Gasteiger charge is 2.31. The Morgan fingerprint density at radius 3 is 2.68 bits per heavy atom. The number of carbonyl (C=O) groups is 1. The number of ketones is 1. The van der Waals surface area contributed by atoms with Crippen molar-refractivity contribution in [2.75, 3.05) is 6.61 Å². The fourth-order valence-corrected chi connectivity index (χ4v) is 3.31. The average Bonchev–Trinajstić information content (AvgIpc) is 2.92. The van der Waals surface area contributed by atoms with Crippen LogP contribution in [0.2, 0.25) is 0 Å². The molecule has 0 unspecified atom stereocenters. The summed E-state index contributed by atoms with van der Waals surface area (Å²) in [6.45, 7) is 8.83. The first-order chi connectivity index (χ1) is 11.9. The van der Waals surface area contributed by atoms with E-state index in [2.05, 4.69) is 51.2 Å². The second kappa shape index (κ2) is 11.5. The molecule has 0 spiro atoms. The summed E-state index contributed by atoms with van der Waals surface area (Å²) in [5, 5.41) is 9.10. The van der Waals surface area contributed by atoms with Gasteiger partial charge in [0.05, 0.1) is 6.61 Å². The van der Waals surface area contributed by atoms with Crippen LogP contribution in [0.15, 0.2) is 36.0 Å². The highest BCUT2D eigenvalue weighted by molar-refractivity contribution is 5.83. The van der Waals surface area contributed by atoms with Gasteiger partial charge in [-0.1, -0.05) is 69.6 Å². The Kier molecular flexibility index (Phi) is 10.0. The molecule has 1 fully saturated rings.